The molecule has 0 saturated heterocycles. The molecule has 2 aliphatic rings. The second-order valence-corrected chi connectivity index (χ2v) is 10.6. The Balaban J connectivity index is 1.64. The molecule has 2 nitrogen and oxygen atoms in total. The van der Waals surface area contributed by atoms with Gasteiger partial charge in [0, 0.05) is 5.92 Å². The molecule has 2 aromatic carbocycles. The third kappa shape index (κ3) is 4.27. The number of nitrogens with zero attached hydrogens (tertiary/aromatic N) is 1. The van der Waals surface area contributed by atoms with E-state index in [0.717, 1.165) is 18.9 Å². The van der Waals surface area contributed by atoms with Gasteiger partial charge in [0.25, 0.3) is 0 Å². The molecular formula is C24H30NOP. The molecule has 3 heteroatoms. The van der Waals surface area contributed by atoms with Crippen molar-refractivity contribution in [1.29, 1.82) is 0 Å². The number of rotatable bonds is 6. The molecule has 0 N–H and O–H groups in total. The fourth-order valence-corrected chi connectivity index (χ4v) is 7.68. The average Bonchev–Trinajstić information content (AvgIpc) is 3.33. The van der Waals surface area contributed by atoms with E-state index < -0.39 is 7.92 Å². The summed E-state index contributed by atoms with van der Waals surface area (Å²) < 4.78 is 6.16. The van der Waals surface area contributed by atoms with Crippen molar-refractivity contribution in [2.24, 2.45) is 16.8 Å². The molecule has 0 radical (unpaired) electrons. The summed E-state index contributed by atoms with van der Waals surface area (Å²) in [6.45, 7) is 5.33. The first-order valence-electron chi connectivity index (χ1n) is 10.3. The Morgan fingerprint density at radius 1 is 0.963 bits per heavy atom. The van der Waals surface area contributed by atoms with E-state index in [1.165, 1.54) is 29.9 Å². The van der Waals surface area contributed by atoms with Crippen LogP contribution in [0.5, 0.6) is 0 Å². The van der Waals surface area contributed by atoms with E-state index in [1.807, 2.05) is 0 Å². The molecule has 3 atom stereocenters. The van der Waals surface area contributed by atoms with Crippen LogP contribution in [0.25, 0.3) is 0 Å². The molecule has 142 valence electrons. The van der Waals surface area contributed by atoms with Crippen molar-refractivity contribution >= 4 is 24.4 Å². The summed E-state index contributed by atoms with van der Waals surface area (Å²) in [5.41, 5.74) is 0.626. The van der Waals surface area contributed by atoms with Crippen molar-refractivity contribution < 1.29 is 4.74 Å². The average molecular weight is 379 g/mol. The van der Waals surface area contributed by atoms with Gasteiger partial charge in [0.15, 0.2) is 5.90 Å². The standard InChI is InChI=1S/C24H30NOP/c1-18(2)16-19-17-26-24(25-19)22-14-9-15-23(22)27(20-10-5-3-6-11-20)21-12-7-4-8-13-21/h3-8,10-13,18-19,22-23H,9,14-17H2,1-2H3/t19-,22?,23-/m1/s1. The first-order valence-corrected chi connectivity index (χ1v) is 11.7. The molecule has 1 saturated carbocycles. The van der Waals surface area contributed by atoms with Crippen molar-refractivity contribution in [3.8, 4) is 0 Å². The molecule has 1 aliphatic carbocycles. The fourth-order valence-electron chi connectivity index (χ4n) is 4.55. The minimum atomic E-state index is -0.399. The first kappa shape index (κ1) is 18.7. The third-order valence-electron chi connectivity index (χ3n) is 5.67. The van der Waals surface area contributed by atoms with E-state index in [0.29, 0.717) is 23.5 Å². The van der Waals surface area contributed by atoms with Gasteiger partial charge in [-0.05, 0) is 49.4 Å². The van der Waals surface area contributed by atoms with Gasteiger partial charge in [0.05, 0.1) is 6.04 Å². The predicted octanol–water partition coefficient (Wildman–Crippen LogP) is 5.13. The van der Waals surface area contributed by atoms with Crippen LogP contribution in [-0.2, 0) is 4.74 Å². The van der Waals surface area contributed by atoms with Crippen molar-refractivity contribution in [1.82, 2.24) is 0 Å². The number of aliphatic imine (C=N–C) groups is 1. The van der Waals surface area contributed by atoms with E-state index in [-0.39, 0.29) is 0 Å². The summed E-state index contributed by atoms with van der Waals surface area (Å²) >= 11 is 0. The lowest BCUT2D eigenvalue weighted by atomic mass is 10.1. The second-order valence-electron chi connectivity index (χ2n) is 8.21. The lowest BCUT2D eigenvalue weighted by Gasteiger charge is -2.29. The van der Waals surface area contributed by atoms with Crippen LogP contribution < -0.4 is 10.6 Å². The first-order chi connectivity index (χ1) is 13.2. The van der Waals surface area contributed by atoms with E-state index in [1.54, 1.807) is 0 Å². The summed E-state index contributed by atoms with van der Waals surface area (Å²) in [5, 5.41) is 2.96. The second kappa shape index (κ2) is 8.57. The number of hydrogen-bond acceptors (Lipinski definition) is 2. The molecule has 2 aromatic rings. The topological polar surface area (TPSA) is 21.6 Å². The fraction of sp³-hybridized carbons (Fsp3) is 0.458. The number of hydrogen-bond donors (Lipinski definition) is 0. The highest BCUT2D eigenvalue weighted by Crippen LogP contribution is 2.51. The Morgan fingerprint density at radius 2 is 1.59 bits per heavy atom. The van der Waals surface area contributed by atoms with E-state index in [9.17, 15) is 0 Å². The maximum Gasteiger partial charge on any atom is 0.187 e. The molecule has 0 spiro atoms. The molecule has 1 aliphatic heterocycles. The van der Waals surface area contributed by atoms with E-state index >= 15 is 0 Å². The molecule has 27 heavy (non-hydrogen) atoms. The molecule has 0 bridgehead atoms. The van der Waals surface area contributed by atoms with Gasteiger partial charge in [-0.25, -0.2) is 4.99 Å². The Hall–Kier alpha value is -1.66. The van der Waals surface area contributed by atoms with Crippen LogP contribution in [0.1, 0.15) is 39.5 Å². The Bertz CT molecular complexity index is 719. The van der Waals surface area contributed by atoms with Gasteiger partial charge in [-0.2, -0.15) is 0 Å². The van der Waals surface area contributed by atoms with Crippen LogP contribution in [-0.4, -0.2) is 24.2 Å². The lowest BCUT2D eigenvalue weighted by Crippen LogP contribution is -2.29. The highest BCUT2D eigenvalue weighted by molar-refractivity contribution is 7.73. The van der Waals surface area contributed by atoms with Crippen LogP contribution >= 0.6 is 7.92 Å². The van der Waals surface area contributed by atoms with Gasteiger partial charge in [-0.15, -0.1) is 0 Å². The smallest absolute Gasteiger partial charge is 0.187 e. The third-order valence-corrected chi connectivity index (χ3v) is 8.66. The molecule has 4 rings (SSSR count). The van der Waals surface area contributed by atoms with Gasteiger partial charge in [0.2, 0.25) is 0 Å². The van der Waals surface area contributed by atoms with E-state index in [4.69, 9.17) is 9.73 Å². The normalized spacial score (nSPS) is 25.0. The van der Waals surface area contributed by atoms with Crippen molar-refractivity contribution in [2.45, 2.75) is 51.2 Å². The quantitative estimate of drug-likeness (QED) is 0.638. The SMILES string of the molecule is CC(C)C[C@@H]1COC(C2CCC[C@H]2P(c2ccccc2)c2ccccc2)=N1. The van der Waals surface area contributed by atoms with Gasteiger partial charge in [-0.3, -0.25) is 0 Å². The maximum absolute atomic E-state index is 6.16. The highest BCUT2D eigenvalue weighted by Gasteiger charge is 2.40. The van der Waals surface area contributed by atoms with Gasteiger partial charge in [-0.1, -0.05) is 80.9 Å². The highest BCUT2D eigenvalue weighted by atomic mass is 31.1. The summed E-state index contributed by atoms with van der Waals surface area (Å²) in [6.07, 6.45) is 4.91. The molecule has 0 amide bonds. The van der Waals surface area contributed by atoms with Gasteiger partial charge in [0.1, 0.15) is 6.61 Å². The Morgan fingerprint density at radius 3 is 2.19 bits per heavy atom. The summed E-state index contributed by atoms with van der Waals surface area (Å²) in [5.74, 6) is 2.21. The summed E-state index contributed by atoms with van der Waals surface area (Å²) in [4.78, 5) is 5.03. The molecule has 0 aromatic heterocycles. The molecular weight excluding hydrogens is 349 g/mol. The van der Waals surface area contributed by atoms with E-state index in [2.05, 4.69) is 74.5 Å². The molecule has 1 heterocycles. The van der Waals surface area contributed by atoms with Crippen LogP contribution in [0.15, 0.2) is 65.7 Å². The minimum Gasteiger partial charge on any atom is -0.478 e. The zero-order chi connectivity index (χ0) is 18.6. The van der Waals surface area contributed by atoms with Gasteiger partial charge >= 0.3 is 0 Å². The predicted molar refractivity (Wildman–Crippen MR) is 117 cm³/mol. The lowest BCUT2D eigenvalue weighted by molar-refractivity contribution is 0.285. The molecule has 1 unspecified atom stereocenters. The zero-order valence-corrected chi connectivity index (χ0v) is 17.3. The van der Waals surface area contributed by atoms with Crippen molar-refractivity contribution in [3.63, 3.8) is 0 Å². The van der Waals surface area contributed by atoms with Crippen LogP contribution in [0.4, 0.5) is 0 Å². The van der Waals surface area contributed by atoms with Crippen LogP contribution in [0.2, 0.25) is 0 Å². The van der Waals surface area contributed by atoms with Crippen LogP contribution in [0.3, 0.4) is 0 Å². The monoisotopic (exact) mass is 379 g/mol. The largest absolute Gasteiger partial charge is 0.478 e. The van der Waals surface area contributed by atoms with Crippen molar-refractivity contribution in [3.05, 3.63) is 60.7 Å². The minimum absolute atomic E-state index is 0.362. The summed E-state index contributed by atoms with van der Waals surface area (Å²) in [6, 6.07) is 22.6. The Labute approximate surface area is 164 Å². The van der Waals surface area contributed by atoms with Crippen molar-refractivity contribution in [2.75, 3.05) is 6.61 Å². The zero-order valence-electron chi connectivity index (χ0n) is 16.4. The maximum atomic E-state index is 6.16. The summed E-state index contributed by atoms with van der Waals surface area (Å²) in [7, 11) is -0.399. The van der Waals surface area contributed by atoms with Crippen LogP contribution in [0, 0.1) is 11.8 Å². The number of benzene rings is 2. The Kier molecular flexibility index (Phi) is 5.93. The molecule has 1 fully saturated rings. The van der Waals surface area contributed by atoms with Gasteiger partial charge < -0.3 is 4.74 Å². The number of ether oxygens (including phenoxy) is 1.